The topological polar surface area (TPSA) is 46.2 Å². The molecule has 110 valence electrons. The molecule has 5 atom stereocenters. The summed E-state index contributed by atoms with van der Waals surface area (Å²) in [7, 11) is 3.31. The summed E-state index contributed by atoms with van der Waals surface area (Å²) in [5.41, 5.74) is 1.15. The van der Waals surface area contributed by atoms with E-state index in [2.05, 4.69) is 0 Å². The first-order valence-corrected chi connectivity index (χ1v) is 6.81. The van der Waals surface area contributed by atoms with E-state index >= 15 is 0 Å². The van der Waals surface area contributed by atoms with Crippen molar-refractivity contribution in [3.05, 3.63) is 35.9 Å². The SMILES string of the molecule is CO[C@@H]1[C@@H](OC)[C@H]2O[C@@H]1[C@@H](COCc1ccccc1)O2. The van der Waals surface area contributed by atoms with Crippen LogP contribution in [0, 0.1) is 0 Å². The number of benzene rings is 1. The van der Waals surface area contributed by atoms with Gasteiger partial charge in [-0.2, -0.15) is 0 Å². The molecule has 3 rings (SSSR count). The fourth-order valence-corrected chi connectivity index (χ4v) is 2.82. The van der Waals surface area contributed by atoms with E-state index in [1.165, 1.54) is 0 Å². The molecule has 0 amide bonds. The zero-order valence-corrected chi connectivity index (χ0v) is 11.7. The second kappa shape index (κ2) is 6.20. The minimum absolute atomic E-state index is 0.0934. The summed E-state index contributed by atoms with van der Waals surface area (Å²) in [4.78, 5) is 0. The number of hydrogen-bond donors (Lipinski definition) is 0. The molecule has 1 aromatic carbocycles. The van der Waals surface area contributed by atoms with Crippen LogP contribution in [0.25, 0.3) is 0 Å². The van der Waals surface area contributed by atoms with Gasteiger partial charge in [-0.15, -0.1) is 0 Å². The summed E-state index contributed by atoms with van der Waals surface area (Å²) in [6.45, 7) is 1.07. The summed E-state index contributed by atoms with van der Waals surface area (Å²) >= 11 is 0. The van der Waals surface area contributed by atoms with Gasteiger partial charge in [0.15, 0.2) is 6.29 Å². The smallest absolute Gasteiger partial charge is 0.187 e. The molecule has 2 aliphatic heterocycles. The van der Waals surface area contributed by atoms with Crippen molar-refractivity contribution >= 4 is 0 Å². The zero-order chi connectivity index (χ0) is 13.9. The summed E-state index contributed by atoms with van der Waals surface area (Å²) in [5, 5.41) is 0. The second-order valence-electron chi connectivity index (χ2n) is 5.04. The van der Waals surface area contributed by atoms with Crippen LogP contribution in [-0.4, -0.2) is 51.5 Å². The average Bonchev–Trinajstić information content (AvgIpc) is 3.05. The molecule has 0 aliphatic carbocycles. The van der Waals surface area contributed by atoms with Crippen molar-refractivity contribution in [2.24, 2.45) is 0 Å². The van der Waals surface area contributed by atoms with Crippen molar-refractivity contribution in [3.63, 3.8) is 0 Å². The van der Waals surface area contributed by atoms with E-state index in [1.54, 1.807) is 14.2 Å². The van der Waals surface area contributed by atoms with E-state index in [-0.39, 0.29) is 30.7 Å². The van der Waals surface area contributed by atoms with Crippen molar-refractivity contribution in [2.45, 2.75) is 37.3 Å². The van der Waals surface area contributed by atoms with E-state index in [0.29, 0.717) is 13.2 Å². The number of methoxy groups -OCH3 is 2. The van der Waals surface area contributed by atoms with Gasteiger partial charge in [-0.3, -0.25) is 0 Å². The Hall–Kier alpha value is -0.980. The van der Waals surface area contributed by atoms with Crippen LogP contribution in [0.15, 0.2) is 30.3 Å². The fraction of sp³-hybridized carbons (Fsp3) is 0.600. The molecule has 5 nitrogen and oxygen atoms in total. The molecule has 0 aromatic heterocycles. The summed E-state index contributed by atoms with van der Waals surface area (Å²) in [6, 6.07) is 10.1. The number of hydrogen-bond acceptors (Lipinski definition) is 5. The molecule has 0 N–H and O–H groups in total. The normalized spacial score (nSPS) is 35.6. The van der Waals surface area contributed by atoms with Gasteiger partial charge in [0.1, 0.15) is 24.4 Å². The molecule has 0 unspecified atom stereocenters. The minimum atomic E-state index is -0.347. The van der Waals surface area contributed by atoms with Gasteiger partial charge < -0.3 is 23.7 Å². The van der Waals surface area contributed by atoms with Crippen molar-refractivity contribution in [1.29, 1.82) is 0 Å². The monoisotopic (exact) mass is 280 g/mol. The highest BCUT2D eigenvalue weighted by molar-refractivity contribution is 5.13. The van der Waals surface area contributed by atoms with E-state index in [1.807, 2.05) is 30.3 Å². The Morgan fingerprint density at radius 2 is 1.75 bits per heavy atom. The highest BCUT2D eigenvalue weighted by atomic mass is 16.8. The van der Waals surface area contributed by atoms with Gasteiger partial charge in [-0.05, 0) is 5.56 Å². The number of fused-ring (bicyclic) bond motifs is 2. The van der Waals surface area contributed by atoms with E-state index in [9.17, 15) is 0 Å². The van der Waals surface area contributed by atoms with Crippen LogP contribution in [-0.2, 0) is 30.3 Å². The van der Waals surface area contributed by atoms with Gasteiger partial charge in [0.2, 0.25) is 0 Å². The third-order valence-corrected chi connectivity index (χ3v) is 3.82. The van der Waals surface area contributed by atoms with Crippen molar-refractivity contribution in [2.75, 3.05) is 20.8 Å². The maximum atomic E-state index is 5.78. The van der Waals surface area contributed by atoms with Gasteiger partial charge in [0.05, 0.1) is 13.2 Å². The number of rotatable bonds is 6. The lowest BCUT2D eigenvalue weighted by atomic mass is 10.0. The lowest BCUT2D eigenvalue weighted by Gasteiger charge is -2.30. The largest absolute Gasteiger partial charge is 0.376 e. The fourth-order valence-electron chi connectivity index (χ4n) is 2.82. The molecule has 2 aliphatic rings. The molecular weight excluding hydrogens is 260 g/mol. The summed E-state index contributed by atoms with van der Waals surface area (Å²) < 4.78 is 28.1. The lowest BCUT2D eigenvalue weighted by Crippen LogP contribution is -2.49. The molecule has 20 heavy (non-hydrogen) atoms. The molecule has 2 bridgehead atoms. The van der Waals surface area contributed by atoms with Gasteiger partial charge in [0.25, 0.3) is 0 Å². The lowest BCUT2D eigenvalue weighted by molar-refractivity contribution is -0.163. The van der Waals surface area contributed by atoms with Gasteiger partial charge in [0, 0.05) is 14.2 Å². The Bertz CT molecular complexity index is 424. The average molecular weight is 280 g/mol. The summed E-state index contributed by atoms with van der Waals surface area (Å²) in [6.07, 6.45) is -0.814. The van der Waals surface area contributed by atoms with Crippen LogP contribution in [0.4, 0.5) is 0 Å². The van der Waals surface area contributed by atoms with Gasteiger partial charge >= 0.3 is 0 Å². The van der Waals surface area contributed by atoms with E-state index < -0.39 is 0 Å². The predicted molar refractivity (Wildman–Crippen MR) is 71.2 cm³/mol. The van der Waals surface area contributed by atoms with Crippen LogP contribution in [0.1, 0.15) is 5.56 Å². The Morgan fingerprint density at radius 1 is 1.00 bits per heavy atom. The van der Waals surface area contributed by atoms with Crippen LogP contribution < -0.4 is 0 Å². The first-order chi connectivity index (χ1) is 9.83. The minimum Gasteiger partial charge on any atom is -0.376 e. The van der Waals surface area contributed by atoms with Crippen molar-refractivity contribution in [1.82, 2.24) is 0 Å². The first kappa shape index (κ1) is 14.0. The third-order valence-electron chi connectivity index (χ3n) is 3.82. The van der Waals surface area contributed by atoms with Crippen LogP contribution in [0.5, 0.6) is 0 Å². The summed E-state index contributed by atoms with van der Waals surface area (Å²) in [5.74, 6) is 0. The molecule has 2 heterocycles. The quantitative estimate of drug-likeness (QED) is 0.787. The maximum absolute atomic E-state index is 5.78. The highest BCUT2D eigenvalue weighted by Crippen LogP contribution is 2.37. The van der Waals surface area contributed by atoms with Crippen LogP contribution in [0.3, 0.4) is 0 Å². The molecule has 0 radical (unpaired) electrons. The Kier molecular flexibility index (Phi) is 4.33. The van der Waals surface area contributed by atoms with Crippen LogP contribution >= 0.6 is 0 Å². The second-order valence-corrected chi connectivity index (χ2v) is 5.04. The Labute approximate surface area is 118 Å². The number of ether oxygens (including phenoxy) is 5. The van der Waals surface area contributed by atoms with Crippen molar-refractivity contribution in [3.8, 4) is 0 Å². The van der Waals surface area contributed by atoms with E-state index in [0.717, 1.165) is 5.56 Å². The highest BCUT2D eigenvalue weighted by Gasteiger charge is 2.56. The Morgan fingerprint density at radius 3 is 2.45 bits per heavy atom. The van der Waals surface area contributed by atoms with Gasteiger partial charge in [-0.1, -0.05) is 30.3 Å². The molecule has 2 saturated heterocycles. The molecular formula is C15H20O5. The molecule has 5 heteroatoms. The van der Waals surface area contributed by atoms with Gasteiger partial charge in [-0.25, -0.2) is 0 Å². The molecule has 0 spiro atoms. The molecule has 2 fully saturated rings. The van der Waals surface area contributed by atoms with E-state index in [4.69, 9.17) is 23.7 Å². The first-order valence-electron chi connectivity index (χ1n) is 6.81. The Balaban J connectivity index is 1.51. The maximum Gasteiger partial charge on any atom is 0.187 e. The predicted octanol–water partition coefficient (Wildman–Crippen LogP) is 1.36. The zero-order valence-electron chi connectivity index (χ0n) is 11.7. The molecule has 1 aromatic rings. The standard InChI is InChI=1S/C15H20O5/c1-16-13-12-11(19-15(20-12)14(13)17-2)9-18-8-10-6-4-3-5-7-10/h3-7,11-15H,8-9H2,1-2H3/t11-,12-,13+,14-,15-/m1/s1. The van der Waals surface area contributed by atoms with Crippen LogP contribution in [0.2, 0.25) is 0 Å². The van der Waals surface area contributed by atoms with Crippen molar-refractivity contribution < 1.29 is 23.7 Å². The molecule has 0 saturated carbocycles. The third kappa shape index (κ3) is 2.60.